The Morgan fingerprint density at radius 2 is 1.78 bits per heavy atom. The summed E-state index contributed by atoms with van der Waals surface area (Å²) in [6, 6.07) is -0.641. The Labute approximate surface area is 137 Å². The molecule has 2 rings (SSSR count). The van der Waals surface area contributed by atoms with Crippen LogP contribution in [-0.4, -0.2) is 54.5 Å². The predicted molar refractivity (Wildman–Crippen MR) is 83.8 cm³/mol. The van der Waals surface area contributed by atoms with E-state index >= 15 is 0 Å². The average Bonchev–Trinajstić information content (AvgIpc) is 2.61. The maximum atomic E-state index is 12.8. The summed E-state index contributed by atoms with van der Waals surface area (Å²) >= 11 is 0. The van der Waals surface area contributed by atoms with E-state index in [1.807, 2.05) is 0 Å². The van der Waals surface area contributed by atoms with Gasteiger partial charge < -0.3 is 14.4 Å². The molecule has 0 aromatic carbocycles. The molecule has 0 aromatic rings. The molecule has 6 heteroatoms. The van der Waals surface area contributed by atoms with E-state index in [0.29, 0.717) is 25.8 Å². The Morgan fingerprint density at radius 1 is 1.09 bits per heavy atom. The van der Waals surface area contributed by atoms with Gasteiger partial charge in [-0.25, -0.2) is 4.79 Å². The zero-order valence-electron chi connectivity index (χ0n) is 14.1. The number of carbonyl (C=O) groups is 3. The highest BCUT2D eigenvalue weighted by atomic mass is 16.5. The van der Waals surface area contributed by atoms with Crippen molar-refractivity contribution in [2.45, 2.75) is 69.9 Å². The van der Waals surface area contributed by atoms with Crippen molar-refractivity contribution in [3.05, 3.63) is 0 Å². The molecular formula is C17H27NO5. The first-order valence-corrected chi connectivity index (χ1v) is 8.63. The molecule has 1 aliphatic carbocycles. The second-order valence-corrected chi connectivity index (χ2v) is 6.35. The van der Waals surface area contributed by atoms with Crippen molar-refractivity contribution >= 4 is 17.7 Å². The molecule has 0 spiro atoms. The number of carbonyl (C=O) groups excluding carboxylic acids is 3. The van der Waals surface area contributed by atoms with Crippen molar-refractivity contribution < 1.29 is 23.9 Å². The summed E-state index contributed by atoms with van der Waals surface area (Å²) in [5, 5.41) is 0. The minimum Gasteiger partial charge on any atom is -0.464 e. The zero-order chi connectivity index (χ0) is 16.9. The van der Waals surface area contributed by atoms with Gasteiger partial charge in [-0.1, -0.05) is 19.3 Å². The van der Waals surface area contributed by atoms with Gasteiger partial charge in [-0.2, -0.15) is 0 Å². The van der Waals surface area contributed by atoms with Crippen LogP contribution in [0.1, 0.15) is 58.3 Å². The van der Waals surface area contributed by atoms with Crippen molar-refractivity contribution in [2.75, 3.05) is 20.3 Å². The summed E-state index contributed by atoms with van der Waals surface area (Å²) in [6.07, 6.45) is 6.19. The third-order valence-electron chi connectivity index (χ3n) is 4.98. The molecule has 0 bridgehead atoms. The first-order chi connectivity index (χ1) is 11.1. The van der Waals surface area contributed by atoms with Gasteiger partial charge in [0.2, 0.25) is 0 Å². The largest absolute Gasteiger partial charge is 0.464 e. The molecule has 1 amide bonds. The highest BCUT2D eigenvalue weighted by Crippen LogP contribution is 2.33. The highest BCUT2D eigenvalue weighted by molar-refractivity contribution is 6.39. The molecule has 6 nitrogen and oxygen atoms in total. The number of likely N-dealkylation sites (tertiary alicyclic amines) is 1. The van der Waals surface area contributed by atoms with E-state index in [1.165, 1.54) is 12.0 Å². The number of ketones is 1. The van der Waals surface area contributed by atoms with Gasteiger partial charge in [0.15, 0.2) is 0 Å². The molecule has 1 saturated carbocycles. The van der Waals surface area contributed by atoms with Crippen LogP contribution in [-0.2, 0) is 23.9 Å². The fraction of sp³-hybridized carbons (Fsp3) is 0.824. The number of hydrogen-bond acceptors (Lipinski definition) is 5. The third-order valence-corrected chi connectivity index (χ3v) is 4.98. The molecule has 1 saturated heterocycles. The quantitative estimate of drug-likeness (QED) is 0.570. The number of piperidine rings is 1. The monoisotopic (exact) mass is 325 g/mol. The smallest absolute Gasteiger partial charge is 0.328 e. The SMILES string of the molecule is CCOC(=O)[C@H]1CCCCN1C(=O)C(=O)C1(OC)CCCCC1. The van der Waals surface area contributed by atoms with Crippen molar-refractivity contribution in [3.63, 3.8) is 0 Å². The lowest BCUT2D eigenvalue weighted by molar-refractivity contribution is -0.166. The molecule has 2 aliphatic rings. The number of nitrogens with zero attached hydrogens (tertiary/aromatic N) is 1. The van der Waals surface area contributed by atoms with E-state index < -0.39 is 29.3 Å². The van der Waals surface area contributed by atoms with Gasteiger partial charge in [-0.15, -0.1) is 0 Å². The van der Waals surface area contributed by atoms with Gasteiger partial charge in [0, 0.05) is 13.7 Å². The van der Waals surface area contributed by atoms with Crippen molar-refractivity contribution in [1.29, 1.82) is 0 Å². The number of hydrogen-bond donors (Lipinski definition) is 0. The number of rotatable bonds is 5. The Balaban J connectivity index is 2.15. The zero-order valence-corrected chi connectivity index (χ0v) is 14.1. The molecule has 0 unspecified atom stereocenters. The molecular weight excluding hydrogens is 298 g/mol. The number of ether oxygens (including phenoxy) is 2. The molecule has 0 aromatic heterocycles. The van der Waals surface area contributed by atoms with Crippen molar-refractivity contribution in [3.8, 4) is 0 Å². The van der Waals surface area contributed by atoms with Crippen LogP contribution < -0.4 is 0 Å². The summed E-state index contributed by atoms with van der Waals surface area (Å²) in [7, 11) is 1.50. The predicted octanol–water partition coefficient (Wildman–Crippen LogP) is 1.85. The lowest BCUT2D eigenvalue weighted by Gasteiger charge is -2.38. The molecule has 23 heavy (non-hydrogen) atoms. The topological polar surface area (TPSA) is 72.9 Å². The summed E-state index contributed by atoms with van der Waals surface area (Å²) in [6.45, 7) is 2.43. The lowest BCUT2D eigenvalue weighted by atomic mass is 9.80. The maximum absolute atomic E-state index is 12.8. The Morgan fingerprint density at radius 3 is 2.39 bits per heavy atom. The average molecular weight is 325 g/mol. The van der Waals surface area contributed by atoms with E-state index in [1.54, 1.807) is 6.92 Å². The van der Waals surface area contributed by atoms with Gasteiger partial charge in [-0.05, 0) is 39.0 Å². The Kier molecular flexibility index (Phi) is 6.16. The van der Waals surface area contributed by atoms with Crippen LogP contribution in [0.5, 0.6) is 0 Å². The molecule has 1 aliphatic heterocycles. The number of methoxy groups -OCH3 is 1. The second kappa shape index (κ2) is 7.90. The normalized spacial score (nSPS) is 24.1. The second-order valence-electron chi connectivity index (χ2n) is 6.35. The van der Waals surface area contributed by atoms with Crippen LogP contribution in [0.15, 0.2) is 0 Å². The standard InChI is InChI=1S/C17H27NO5/c1-3-23-16(21)13-9-5-8-12-18(13)15(20)14(19)17(22-2)10-6-4-7-11-17/h13H,3-12H2,1-2H3/t13-/m1/s1. The van der Waals surface area contributed by atoms with Gasteiger partial charge in [-0.3, -0.25) is 9.59 Å². The minimum atomic E-state index is -1.01. The first kappa shape index (κ1) is 17.9. The maximum Gasteiger partial charge on any atom is 0.328 e. The van der Waals surface area contributed by atoms with E-state index in [9.17, 15) is 14.4 Å². The summed E-state index contributed by atoms with van der Waals surface area (Å²) in [5.41, 5.74) is -1.01. The van der Waals surface area contributed by atoms with Crippen molar-refractivity contribution in [1.82, 2.24) is 4.90 Å². The lowest BCUT2D eigenvalue weighted by Crippen LogP contribution is -2.56. The summed E-state index contributed by atoms with van der Waals surface area (Å²) in [5.74, 6) is -1.51. The van der Waals surface area contributed by atoms with Crippen LogP contribution in [0.4, 0.5) is 0 Å². The van der Waals surface area contributed by atoms with Gasteiger partial charge >= 0.3 is 5.97 Å². The Hall–Kier alpha value is -1.43. The third kappa shape index (κ3) is 3.74. The molecule has 130 valence electrons. The van der Waals surface area contributed by atoms with E-state index in [2.05, 4.69) is 0 Å². The first-order valence-electron chi connectivity index (χ1n) is 8.63. The minimum absolute atomic E-state index is 0.271. The van der Waals surface area contributed by atoms with Crippen LogP contribution in [0.2, 0.25) is 0 Å². The molecule has 0 radical (unpaired) electrons. The van der Waals surface area contributed by atoms with Crippen LogP contribution in [0, 0.1) is 0 Å². The number of amides is 1. The summed E-state index contributed by atoms with van der Waals surface area (Å²) in [4.78, 5) is 39.1. The molecule has 0 N–H and O–H groups in total. The highest BCUT2D eigenvalue weighted by Gasteiger charge is 2.46. The summed E-state index contributed by atoms with van der Waals surface area (Å²) < 4.78 is 10.5. The van der Waals surface area contributed by atoms with Gasteiger partial charge in [0.05, 0.1) is 6.61 Å². The van der Waals surface area contributed by atoms with E-state index in [4.69, 9.17) is 9.47 Å². The Bertz CT molecular complexity index is 456. The molecule has 1 atom stereocenters. The van der Waals surface area contributed by atoms with Crippen LogP contribution >= 0.6 is 0 Å². The van der Waals surface area contributed by atoms with E-state index in [-0.39, 0.29) is 6.61 Å². The van der Waals surface area contributed by atoms with Crippen LogP contribution in [0.3, 0.4) is 0 Å². The van der Waals surface area contributed by atoms with Gasteiger partial charge in [0.1, 0.15) is 11.6 Å². The molecule has 2 fully saturated rings. The number of Topliss-reactive ketones (excluding diaryl/α,β-unsaturated/α-hetero) is 1. The fourth-order valence-corrected chi connectivity index (χ4v) is 3.63. The van der Waals surface area contributed by atoms with Crippen molar-refractivity contribution in [2.24, 2.45) is 0 Å². The van der Waals surface area contributed by atoms with Crippen LogP contribution in [0.25, 0.3) is 0 Å². The van der Waals surface area contributed by atoms with Gasteiger partial charge in [0.25, 0.3) is 11.7 Å². The van der Waals surface area contributed by atoms with E-state index in [0.717, 1.165) is 32.1 Å². The fourth-order valence-electron chi connectivity index (χ4n) is 3.63. The molecule has 1 heterocycles. The number of esters is 1.